The molecular weight excluding hydrogens is 194 g/mol. The van der Waals surface area contributed by atoms with Gasteiger partial charge in [0.1, 0.15) is 6.54 Å². The van der Waals surface area contributed by atoms with Gasteiger partial charge in [0.05, 0.1) is 7.11 Å². The van der Waals surface area contributed by atoms with Gasteiger partial charge in [0.2, 0.25) is 0 Å². The normalized spacial score (nSPS) is 10.0. The molecule has 82 valence electrons. The van der Waals surface area contributed by atoms with Crippen molar-refractivity contribution in [1.29, 1.82) is 0 Å². The molecule has 15 heavy (non-hydrogen) atoms. The second-order valence-corrected chi connectivity index (χ2v) is 3.32. The molecule has 0 unspecified atom stereocenters. The van der Waals surface area contributed by atoms with Crippen molar-refractivity contribution in [3.63, 3.8) is 0 Å². The van der Waals surface area contributed by atoms with E-state index in [1.54, 1.807) is 23.0 Å². The fraction of sp³-hybridized carbons (Fsp3) is 0.455. The van der Waals surface area contributed by atoms with E-state index in [0.717, 1.165) is 6.42 Å². The second-order valence-electron chi connectivity index (χ2n) is 3.32. The van der Waals surface area contributed by atoms with Gasteiger partial charge in [-0.25, -0.2) is 0 Å². The van der Waals surface area contributed by atoms with Crippen LogP contribution in [-0.2, 0) is 16.1 Å². The summed E-state index contributed by atoms with van der Waals surface area (Å²) in [6.45, 7) is 2.11. The van der Waals surface area contributed by atoms with Crippen molar-refractivity contribution in [2.24, 2.45) is 0 Å². The van der Waals surface area contributed by atoms with Crippen LogP contribution in [0.25, 0.3) is 0 Å². The van der Waals surface area contributed by atoms with Crippen LogP contribution in [0.5, 0.6) is 0 Å². The lowest BCUT2D eigenvalue weighted by Gasteiger charge is -1.99. The van der Waals surface area contributed by atoms with Gasteiger partial charge in [-0.1, -0.05) is 6.92 Å². The molecule has 1 aromatic rings. The first-order chi connectivity index (χ1) is 7.17. The molecule has 1 aromatic heterocycles. The number of methoxy groups -OCH3 is 1. The van der Waals surface area contributed by atoms with E-state index in [1.807, 2.05) is 6.92 Å². The quantitative estimate of drug-likeness (QED) is 0.547. The Labute approximate surface area is 88.8 Å². The van der Waals surface area contributed by atoms with Crippen molar-refractivity contribution in [3.05, 3.63) is 24.0 Å². The van der Waals surface area contributed by atoms with Crippen molar-refractivity contribution < 1.29 is 14.3 Å². The Bertz CT molecular complexity index is 354. The fourth-order valence-corrected chi connectivity index (χ4v) is 1.29. The van der Waals surface area contributed by atoms with E-state index in [1.165, 1.54) is 7.11 Å². The molecule has 0 fully saturated rings. The zero-order chi connectivity index (χ0) is 11.3. The number of carbonyl (C=O) groups excluding carboxylic acids is 2. The van der Waals surface area contributed by atoms with Crippen LogP contribution < -0.4 is 0 Å². The molecule has 0 bridgehead atoms. The largest absolute Gasteiger partial charge is 0.468 e. The molecule has 4 heteroatoms. The first-order valence-electron chi connectivity index (χ1n) is 4.93. The van der Waals surface area contributed by atoms with Crippen molar-refractivity contribution in [1.82, 2.24) is 4.57 Å². The number of hydrogen-bond acceptors (Lipinski definition) is 3. The number of hydrogen-bond donors (Lipinski definition) is 0. The third-order valence-electron chi connectivity index (χ3n) is 2.09. The fourth-order valence-electron chi connectivity index (χ4n) is 1.29. The van der Waals surface area contributed by atoms with Crippen LogP contribution in [0.1, 0.15) is 30.1 Å². The number of ether oxygens (including phenoxy) is 1. The zero-order valence-corrected chi connectivity index (χ0v) is 9.03. The monoisotopic (exact) mass is 209 g/mol. The molecular formula is C11H15NO3. The first kappa shape index (κ1) is 11.5. The maximum atomic E-state index is 11.5. The highest BCUT2D eigenvalue weighted by atomic mass is 16.5. The molecule has 4 nitrogen and oxygen atoms in total. The Morgan fingerprint density at radius 1 is 1.47 bits per heavy atom. The summed E-state index contributed by atoms with van der Waals surface area (Å²) in [5.74, 6) is -0.207. The smallest absolute Gasteiger partial charge is 0.325 e. The van der Waals surface area contributed by atoms with Crippen molar-refractivity contribution >= 4 is 11.8 Å². The minimum absolute atomic E-state index is 0.112. The summed E-state index contributed by atoms with van der Waals surface area (Å²) in [4.78, 5) is 22.4. The van der Waals surface area contributed by atoms with Crippen molar-refractivity contribution in [2.75, 3.05) is 7.11 Å². The van der Waals surface area contributed by atoms with Gasteiger partial charge in [0, 0.05) is 24.4 Å². The third-order valence-corrected chi connectivity index (χ3v) is 2.09. The van der Waals surface area contributed by atoms with Gasteiger partial charge in [-0.2, -0.15) is 0 Å². The molecule has 0 aliphatic heterocycles. The van der Waals surface area contributed by atoms with Crippen LogP contribution in [0, 0.1) is 0 Å². The molecule has 0 saturated heterocycles. The minimum Gasteiger partial charge on any atom is -0.468 e. The van der Waals surface area contributed by atoms with Crippen LogP contribution in [0.15, 0.2) is 18.5 Å². The topological polar surface area (TPSA) is 48.3 Å². The number of aromatic nitrogens is 1. The number of esters is 1. The SMILES string of the molecule is CCCC(=O)c1ccn(CC(=O)OC)c1. The maximum absolute atomic E-state index is 11.5. The number of carbonyl (C=O) groups is 2. The molecule has 0 aliphatic carbocycles. The van der Waals surface area contributed by atoms with Gasteiger partial charge < -0.3 is 9.30 Å². The van der Waals surface area contributed by atoms with Gasteiger partial charge in [-0.3, -0.25) is 9.59 Å². The summed E-state index contributed by atoms with van der Waals surface area (Å²) in [6.07, 6.45) is 4.76. The molecule has 1 rings (SSSR count). The van der Waals surface area contributed by atoms with Crippen molar-refractivity contribution in [2.45, 2.75) is 26.3 Å². The summed E-state index contributed by atoms with van der Waals surface area (Å²) in [5.41, 5.74) is 0.653. The molecule has 0 N–H and O–H groups in total. The average molecular weight is 209 g/mol. The van der Waals surface area contributed by atoms with Crippen LogP contribution in [-0.4, -0.2) is 23.4 Å². The van der Waals surface area contributed by atoms with E-state index >= 15 is 0 Å². The van der Waals surface area contributed by atoms with Gasteiger partial charge >= 0.3 is 5.97 Å². The van der Waals surface area contributed by atoms with Crippen LogP contribution >= 0.6 is 0 Å². The van der Waals surface area contributed by atoms with Gasteiger partial charge in [-0.15, -0.1) is 0 Å². The van der Waals surface area contributed by atoms with E-state index < -0.39 is 0 Å². The Morgan fingerprint density at radius 2 is 2.20 bits per heavy atom. The van der Waals surface area contributed by atoms with Crippen LogP contribution in [0.3, 0.4) is 0 Å². The predicted octanol–water partition coefficient (Wildman–Crippen LogP) is 1.64. The minimum atomic E-state index is -0.319. The lowest BCUT2D eigenvalue weighted by molar-refractivity contribution is -0.141. The Hall–Kier alpha value is -1.58. The summed E-state index contributed by atoms with van der Waals surface area (Å²) in [7, 11) is 1.34. The number of Topliss-reactive ketones (excluding diaryl/α,β-unsaturated/α-hetero) is 1. The highest BCUT2D eigenvalue weighted by molar-refractivity contribution is 5.95. The molecule has 0 atom stereocenters. The molecule has 0 amide bonds. The molecule has 0 aromatic carbocycles. The number of nitrogens with zero attached hydrogens (tertiary/aromatic N) is 1. The van der Waals surface area contributed by atoms with Gasteiger partial charge in [-0.05, 0) is 12.5 Å². The molecule has 0 radical (unpaired) electrons. The van der Waals surface area contributed by atoms with E-state index in [4.69, 9.17) is 0 Å². The van der Waals surface area contributed by atoms with E-state index in [0.29, 0.717) is 12.0 Å². The maximum Gasteiger partial charge on any atom is 0.325 e. The highest BCUT2D eigenvalue weighted by Gasteiger charge is 2.08. The summed E-state index contributed by atoms with van der Waals surface area (Å²) < 4.78 is 6.17. The lowest BCUT2D eigenvalue weighted by atomic mass is 10.1. The number of rotatable bonds is 5. The predicted molar refractivity (Wildman–Crippen MR) is 55.7 cm³/mol. The second kappa shape index (κ2) is 5.34. The van der Waals surface area contributed by atoms with E-state index in [-0.39, 0.29) is 18.3 Å². The summed E-state index contributed by atoms with van der Waals surface area (Å²) >= 11 is 0. The molecule has 1 heterocycles. The first-order valence-corrected chi connectivity index (χ1v) is 4.93. The van der Waals surface area contributed by atoms with E-state index in [2.05, 4.69) is 4.74 Å². The molecule has 0 aliphatic rings. The lowest BCUT2D eigenvalue weighted by Crippen LogP contribution is -2.09. The summed E-state index contributed by atoms with van der Waals surface area (Å²) in [5, 5.41) is 0. The Kier molecular flexibility index (Phi) is 4.09. The summed E-state index contributed by atoms with van der Waals surface area (Å²) in [6, 6.07) is 1.72. The number of ketones is 1. The van der Waals surface area contributed by atoms with Crippen molar-refractivity contribution in [3.8, 4) is 0 Å². The third kappa shape index (κ3) is 3.23. The van der Waals surface area contributed by atoms with Gasteiger partial charge in [0.15, 0.2) is 5.78 Å². The van der Waals surface area contributed by atoms with Crippen LogP contribution in [0.2, 0.25) is 0 Å². The Morgan fingerprint density at radius 3 is 2.80 bits per heavy atom. The molecule has 0 spiro atoms. The average Bonchev–Trinajstić information content (AvgIpc) is 2.66. The van der Waals surface area contributed by atoms with Crippen LogP contribution in [0.4, 0.5) is 0 Å². The van der Waals surface area contributed by atoms with E-state index in [9.17, 15) is 9.59 Å². The highest BCUT2D eigenvalue weighted by Crippen LogP contribution is 2.06. The Balaban J connectivity index is 2.63. The molecule has 0 saturated carbocycles. The zero-order valence-electron chi connectivity index (χ0n) is 9.03. The van der Waals surface area contributed by atoms with Gasteiger partial charge in [0.25, 0.3) is 0 Å². The standard InChI is InChI=1S/C11H15NO3/c1-3-4-10(13)9-5-6-12(7-9)8-11(14)15-2/h5-7H,3-4,8H2,1-2H3.